The van der Waals surface area contributed by atoms with Crippen molar-refractivity contribution in [2.24, 2.45) is 0 Å². The lowest BCUT2D eigenvalue weighted by molar-refractivity contribution is 0.589. The van der Waals surface area contributed by atoms with Gasteiger partial charge in [0.2, 0.25) is 0 Å². The minimum absolute atomic E-state index is 0.133. The summed E-state index contributed by atoms with van der Waals surface area (Å²) < 4.78 is 0. The van der Waals surface area contributed by atoms with Crippen molar-refractivity contribution in [1.82, 2.24) is 0 Å². The van der Waals surface area contributed by atoms with Crippen LogP contribution in [0, 0.1) is 0 Å². The first-order valence-corrected chi connectivity index (χ1v) is 8.14. The normalized spacial score (nSPS) is 13.9. The predicted molar refractivity (Wildman–Crippen MR) is 96.5 cm³/mol. The number of hydrogen-bond donors (Lipinski definition) is 1. The Bertz CT molecular complexity index is 740. The second kappa shape index (κ2) is 4.62. The van der Waals surface area contributed by atoms with E-state index in [0.29, 0.717) is 0 Å². The molecule has 0 heterocycles. The fourth-order valence-electron chi connectivity index (χ4n) is 3.28. The molecule has 0 amide bonds. The highest BCUT2D eigenvalue weighted by atomic mass is 14.6. The second-order valence-corrected chi connectivity index (χ2v) is 8.65. The largest absolute Gasteiger partial charge is 0.398 e. The number of nitrogens with two attached hydrogens (primary N) is 1. The van der Waals surface area contributed by atoms with Crippen molar-refractivity contribution < 1.29 is 0 Å². The molecule has 1 aliphatic rings. The van der Waals surface area contributed by atoms with Crippen molar-refractivity contribution >= 4 is 5.69 Å². The average Bonchev–Trinajstić information content (AvgIpc) is 2.74. The SMILES string of the molecule is CC(C)(C)c1ccc2c(c1)Cc1cc(C(C)(C)C)cc(N)c1-2. The first kappa shape index (κ1) is 15.1. The van der Waals surface area contributed by atoms with Gasteiger partial charge < -0.3 is 5.73 Å². The highest BCUT2D eigenvalue weighted by Crippen LogP contribution is 2.43. The van der Waals surface area contributed by atoms with Crippen LogP contribution in [0.5, 0.6) is 0 Å². The molecule has 0 fully saturated rings. The van der Waals surface area contributed by atoms with Crippen molar-refractivity contribution in [3.05, 3.63) is 52.6 Å². The Labute approximate surface area is 134 Å². The van der Waals surface area contributed by atoms with Crippen LogP contribution in [0.4, 0.5) is 5.69 Å². The number of rotatable bonds is 0. The van der Waals surface area contributed by atoms with Crippen molar-refractivity contribution in [2.75, 3.05) is 5.73 Å². The number of fused-ring (bicyclic) bond motifs is 3. The van der Waals surface area contributed by atoms with Crippen LogP contribution in [0.3, 0.4) is 0 Å². The lowest BCUT2D eigenvalue weighted by atomic mass is 9.84. The quantitative estimate of drug-likeness (QED) is 0.549. The van der Waals surface area contributed by atoms with Gasteiger partial charge in [0.15, 0.2) is 0 Å². The lowest BCUT2D eigenvalue weighted by Crippen LogP contribution is -2.12. The van der Waals surface area contributed by atoms with Crippen molar-refractivity contribution in [2.45, 2.75) is 58.8 Å². The van der Waals surface area contributed by atoms with E-state index < -0.39 is 0 Å². The van der Waals surface area contributed by atoms with Crippen LogP contribution in [0.2, 0.25) is 0 Å². The van der Waals surface area contributed by atoms with Crippen LogP contribution in [-0.4, -0.2) is 0 Å². The van der Waals surface area contributed by atoms with Gasteiger partial charge >= 0.3 is 0 Å². The second-order valence-electron chi connectivity index (χ2n) is 8.65. The monoisotopic (exact) mass is 293 g/mol. The lowest BCUT2D eigenvalue weighted by Gasteiger charge is -2.21. The molecule has 3 rings (SSSR count). The summed E-state index contributed by atoms with van der Waals surface area (Å²) in [4.78, 5) is 0. The van der Waals surface area contributed by atoms with Crippen LogP contribution in [0.1, 0.15) is 63.8 Å². The first-order chi connectivity index (χ1) is 10.1. The number of nitrogen functional groups attached to an aromatic ring is 1. The molecule has 0 unspecified atom stereocenters. The molecule has 0 radical (unpaired) electrons. The van der Waals surface area contributed by atoms with Gasteiger partial charge in [-0.25, -0.2) is 0 Å². The van der Waals surface area contributed by atoms with Gasteiger partial charge in [-0.05, 0) is 51.1 Å². The minimum Gasteiger partial charge on any atom is -0.398 e. The predicted octanol–water partition coefficient (Wildman–Crippen LogP) is 5.44. The molecule has 0 bridgehead atoms. The molecule has 116 valence electrons. The van der Waals surface area contributed by atoms with Gasteiger partial charge in [-0.1, -0.05) is 65.8 Å². The molecular formula is C21H27N. The molecule has 2 aromatic carbocycles. The number of hydrogen-bond acceptors (Lipinski definition) is 1. The van der Waals surface area contributed by atoms with Gasteiger partial charge in [0.05, 0.1) is 0 Å². The molecule has 0 saturated carbocycles. The van der Waals surface area contributed by atoms with Gasteiger partial charge in [0.25, 0.3) is 0 Å². The molecule has 2 N–H and O–H groups in total. The summed E-state index contributed by atoms with van der Waals surface area (Å²) in [5.74, 6) is 0. The Balaban J connectivity index is 2.13. The van der Waals surface area contributed by atoms with Crippen LogP contribution < -0.4 is 5.73 Å². The summed E-state index contributed by atoms with van der Waals surface area (Å²) >= 11 is 0. The molecule has 1 nitrogen and oxygen atoms in total. The van der Waals surface area contributed by atoms with Gasteiger partial charge in [0, 0.05) is 11.3 Å². The molecule has 0 atom stereocenters. The third-order valence-corrected chi connectivity index (χ3v) is 4.74. The maximum absolute atomic E-state index is 6.41. The van der Waals surface area contributed by atoms with E-state index in [1.165, 1.54) is 33.4 Å². The standard InChI is InChI=1S/C21H27N/c1-20(2,3)15-7-8-17-13(10-15)9-14-11-16(21(4,5)6)12-18(22)19(14)17/h7-8,10-12H,9,22H2,1-6H3. The average molecular weight is 293 g/mol. The molecule has 1 aliphatic carbocycles. The van der Waals surface area contributed by atoms with Gasteiger partial charge in [-0.3, -0.25) is 0 Å². The molecule has 2 aromatic rings. The molecule has 0 aliphatic heterocycles. The van der Waals surface area contributed by atoms with E-state index in [0.717, 1.165) is 12.1 Å². The fraction of sp³-hybridized carbons (Fsp3) is 0.429. The summed E-state index contributed by atoms with van der Waals surface area (Å²) in [6.45, 7) is 13.5. The van der Waals surface area contributed by atoms with E-state index in [9.17, 15) is 0 Å². The molecule has 0 saturated heterocycles. The maximum atomic E-state index is 6.41. The Kier molecular flexibility index (Phi) is 3.18. The Morgan fingerprint density at radius 2 is 1.36 bits per heavy atom. The highest BCUT2D eigenvalue weighted by Gasteiger charge is 2.26. The number of anilines is 1. The smallest absolute Gasteiger partial charge is 0.0399 e. The summed E-state index contributed by atoms with van der Waals surface area (Å²) in [6.07, 6.45) is 1.00. The van der Waals surface area contributed by atoms with Gasteiger partial charge in [-0.2, -0.15) is 0 Å². The zero-order valence-electron chi connectivity index (χ0n) is 14.7. The summed E-state index contributed by atoms with van der Waals surface area (Å²) in [6, 6.07) is 11.4. The van der Waals surface area contributed by atoms with E-state index in [2.05, 4.69) is 71.9 Å². The summed E-state index contributed by atoms with van der Waals surface area (Å²) in [5, 5.41) is 0. The first-order valence-electron chi connectivity index (χ1n) is 8.14. The minimum atomic E-state index is 0.133. The van der Waals surface area contributed by atoms with Gasteiger partial charge in [0.1, 0.15) is 0 Å². The Morgan fingerprint density at radius 1 is 0.773 bits per heavy atom. The van der Waals surface area contributed by atoms with E-state index >= 15 is 0 Å². The van der Waals surface area contributed by atoms with E-state index in [1.54, 1.807) is 0 Å². The van der Waals surface area contributed by atoms with Crippen LogP contribution in [0.15, 0.2) is 30.3 Å². The molecular weight excluding hydrogens is 266 g/mol. The van der Waals surface area contributed by atoms with Crippen LogP contribution in [-0.2, 0) is 17.3 Å². The Hall–Kier alpha value is -1.76. The molecule has 22 heavy (non-hydrogen) atoms. The number of benzene rings is 2. The third kappa shape index (κ3) is 2.43. The van der Waals surface area contributed by atoms with Crippen molar-refractivity contribution in [3.8, 4) is 11.1 Å². The van der Waals surface area contributed by atoms with Gasteiger partial charge in [-0.15, -0.1) is 0 Å². The highest BCUT2D eigenvalue weighted by molar-refractivity contribution is 5.86. The zero-order chi connectivity index (χ0) is 16.3. The van der Waals surface area contributed by atoms with Crippen LogP contribution in [0.25, 0.3) is 11.1 Å². The van der Waals surface area contributed by atoms with Crippen molar-refractivity contribution in [3.63, 3.8) is 0 Å². The van der Waals surface area contributed by atoms with Crippen molar-refractivity contribution in [1.29, 1.82) is 0 Å². The topological polar surface area (TPSA) is 26.0 Å². The molecule has 0 aromatic heterocycles. The van der Waals surface area contributed by atoms with E-state index in [1.807, 2.05) is 0 Å². The maximum Gasteiger partial charge on any atom is 0.0399 e. The van der Waals surface area contributed by atoms with E-state index in [-0.39, 0.29) is 10.8 Å². The molecule has 0 spiro atoms. The van der Waals surface area contributed by atoms with Crippen LogP contribution >= 0.6 is 0 Å². The molecule has 1 heteroatoms. The summed E-state index contributed by atoms with van der Waals surface area (Å²) in [5.41, 5.74) is 15.7. The summed E-state index contributed by atoms with van der Waals surface area (Å²) in [7, 11) is 0. The fourth-order valence-corrected chi connectivity index (χ4v) is 3.28. The van der Waals surface area contributed by atoms with E-state index in [4.69, 9.17) is 5.73 Å². The zero-order valence-corrected chi connectivity index (χ0v) is 14.7. The third-order valence-electron chi connectivity index (χ3n) is 4.74. The Morgan fingerprint density at radius 3 is 1.95 bits per heavy atom.